The SMILES string of the molecule is CC(=O)OC1CC[C@@]2(C)C(=CC(O)[C@@H]3[C@H]2C(=O)C[C@]2(C)C(O)CC[C@@H]32)C1. The number of ether oxygens (including phenoxy) is 1. The molecule has 2 N–H and O–H groups in total. The van der Waals surface area contributed by atoms with Crippen molar-refractivity contribution < 1.29 is 24.5 Å². The summed E-state index contributed by atoms with van der Waals surface area (Å²) in [5.74, 6) is -0.224. The molecule has 0 aliphatic heterocycles. The Balaban J connectivity index is 1.70. The van der Waals surface area contributed by atoms with Crippen LogP contribution in [0.1, 0.15) is 59.3 Å². The van der Waals surface area contributed by atoms with Gasteiger partial charge in [0.25, 0.3) is 0 Å². The van der Waals surface area contributed by atoms with E-state index in [0.717, 1.165) is 24.8 Å². The van der Waals surface area contributed by atoms with Crippen LogP contribution in [0.5, 0.6) is 0 Å². The summed E-state index contributed by atoms with van der Waals surface area (Å²) in [6.07, 6.45) is 4.79. The Labute approximate surface area is 154 Å². The van der Waals surface area contributed by atoms with Crippen LogP contribution in [0.25, 0.3) is 0 Å². The summed E-state index contributed by atoms with van der Waals surface area (Å²) in [7, 11) is 0. The molecule has 0 aromatic heterocycles. The molecule has 0 heterocycles. The summed E-state index contributed by atoms with van der Waals surface area (Å²) in [5.41, 5.74) is 0.391. The maximum Gasteiger partial charge on any atom is 0.302 e. The number of hydrogen-bond acceptors (Lipinski definition) is 5. The Kier molecular flexibility index (Phi) is 4.12. The zero-order valence-electron chi connectivity index (χ0n) is 15.9. The van der Waals surface area contributed by atoms with Crippen LogP contribution in [-0.4, -0.2) is 40.3 Å². The Morgan fingerprint density at radius 3 is 2.65 bits per heavy atom. The zero-order valence-corrected chi connectivity index (χ0v) is 15.9. The number of Topliss-reactive ketones (excluding diaryl/α,β-unsaturated/α-hetero) is 1. The quantitative estimate of drug-likeness (QED) is 0.553. The molecule has 0 saturated heterocycles. The van der Waals surface area contributed by atoms with Crippen LogP contribution in [0.2, 0.25) is 0 Å². The van der Waals surface area contributed by atoms with Crippen molar-refractivity contribution in [2.75, 3.05) is 0 Å². The lowest BCUT2D eigenvalue weighted by atomic mass is 9.47. The first kappa shape index (κ1) is 18.2. The standard InChI is InChI=1S/C21H30O5/c1-11(22)26-13-6-7-20(2)12(8-13)9-15(23)18-14-4-5-17(25)21(14,3)10-16(24)19(18)20/h9,13-15,17-19,23,25H,4-8,10H2,1-3H3/t13?,14-,15?,17?,18+,19+,20-,21-/m0/s1. The summed E-state index contributed by atoms with van der Waals surface area (Å²) in [4.78, 5) is 24.6. The van der Waals surface area contributed by atoms with Crippen LogP contribution in [-0.2, 0) is 14.3 Å². The molecular formula is C21H30O5. The van der Waals surface area contributed by atoms with E-state index in [1.807, 2.05) is 13.0 Å². The molecule has 3 saturated carbocycles. The van der Waals surface area contributed by atoms with Gasteiger partial charge in [-0.05, 0) is 37.0 Å². The van der Waals surface area contributed by atoms with Crippen molar-refractivity contribution in [2.24, 2.45) is 28.6 Å². The predicted molar refractivity (Wildman–Crippen MR) is 95.0 cm³/mol. The van der Waals surface area contributed by atoms with Crippen LogP contribution in [0, 0.1) is 28.6 Å². The molecule has 0 aromatic rings. The number of hydrogen-bond donors (Lipinski definition) is 2. The molecule has 26 heavy (non-hydrogen) atoms. The second-order valence-electron chi connectivity index (χ2n) is 9.48. The van der Waals surface area contributed by atoms with Crippen molar-refractivity contribution in [3.8, 4) is 0 Å². The largest absolute Gasteiger partial charge is 0.462 e. The topological polar surface area (TPSA) is 83.8 Å². The molecule has 0 bridgehead atoms. The van der Waals surface area contributed by atoms with Crippen molar-refractivity contribution in [3.05, 3.63) is 11.6 Å². The lowest BCUT2D eigenvalue weighted by Gasteiger charge is -2.57. The van der Waals surface area contributed by atoms with Gasteiger partial charge in [0.1, 0.15) is 11.9 Å². The van der Waals surface area contributed by atoms with E-state index in [4.69, 9.17) is 4.74 Å². The second-order valence-corrected chi connectivity index (χ2v) is 9.48. The number of carbonyl (C=O) groups excluding carboxylic acids is 2. The van der Waals surface area contributed by atoms with Crippen molar-refractivity contribution in [1.29, 1.82) is 0 Å². The first-order chi connectivity index (χ1) is 12.2. The zero-order chi connectivity index (χ0) is 18.9. The molecule has 4 rings (SSSR count). The average Bonchev–Trinajstić information content (AvgIpc) is 2.83. The molecule has 0 radical (unpaired) electrons. The van der Waals surface area contributed by atoms with Gasteiger partial charge in [-0.15, -0.1) is 0 Å². The molecule has 0 aromatic carbocycles. The molecule has 8 atom stereocenters. The van der Waals surface area contributed by atoms with E-state index >= 15 is 0 Å². The van der Waals surface area contributed by atoms with Crippen LogP contribution >= 0.6 is 0 Å². The van der Waals surface area contributed by atoms with Gasteiger partial charge >= 0.3 is 5.97 Å². The number of aliphatic hydroxyl groups excluding tert-OH is 2. The van der Waals surface area contributed by atoms with Gasteiger partial charge in [-0.3, -0.25) is 9.59 Å². The minimum atomic E-state index is -0.668. The molecule has 5 nitrogen and oxygen atoms in total. The maximum absolute atomic E-state index is 13.3. The van der Waals surface area contributed by atoms with Crippen LogP contribution in [0.15, 0.2) is 11.6 Å². The summed E-state index contributed by atoms with van der Waals surface area (Å²) in [5, 5.41) is 21.5. The van der Waals surface area contributed by atoms with E-state index in [2.05, 4.69) is 6.92 Å². The van der Waals surface area contributed by atoms with Crippen LogP contribution in [0.3, 0.4) is 0 Å². The van der Waals surface area contributed by atoms with E-state index in [1.165, 1.54) is 6.92 Å². The minimum Gasteiger partial charge on any atom is -0.462 e. The van der Waals surface area contributed by atoms with Gasteiger partial charge in [0.15, 0.2) is 0 Å². The highest BCUT2D eigenvalue weighted by molar-refractivity contribution is 5.85. The smallest absolute Gasteiger partial charge is 0.302 e. The second kappa shape index (κ2) is 5.90. The van der Waals surface area contributed by atoms with Gasteiger partial charge in [0, 0.05) is 37.0 Å². The molecule has 4 aliphatic rings. The van der Waals surface area contributed by atoms with Gasteiger partial charge in [-0.25, -0.2) is 0 Å². The fraction of sp³-hybridized carbons (Fsp3) is 0.810. The van der Waals surface area contributed by atoms with E-state index in [1.54, 1.807) is 0 Å². The molecule has 0 spiro atoms. The van der Waals surface area contributed by atoms with Gasteiger partial charge in [0.2, 0.25) is 0 Å². The van der Waals surface area contributed by atoms with Crippen molar-refractivity contribution in [2.45, 2.75) is 77.6 Å². The van der Waals surface area contributed by atoms with Gasteiger partial charge < -0.3 is 14.9 Å². The summed E-state index contributed by atoms with van der Waals surface area (Å²) >= 11 is 0. The lowest BCUT2D eigenvalue weighted by molar-refractivity contribution is -0.158. The van der Waals surface area contributed by atoms with Gasteiger partial charge in [-0.1, -0.05) is 25.5 Å². The summed E-state index contributed by atoms with van der Waals surface area (Å²) < 4.78 is 5.40. The number of ketones is 1. The average molecular weight is 362 g/mol. The van der Waals surface area contributed by atoms with Crippen LogP contribution < -0.4 is 0 Å². The molecule has 144 valence electrons. The predicted octanol–water partition coefficient (Wildman–Crippen LogP) is 2.39. The lowest BCUT2D eigenvalue weighted by Crippen LogP contribution is -2.59. The molecule has 3 fully saturated rings. The third-order valence-electron chi connectivity index (χ3n) is 8.06. The van der Waals surface area contributed by atoms with E-state index in [9.17, 15) is 19.8 Å². The Morgan fingerprint density at radius 2 is 1.96 bits per heavy atom. The van der Waals surface area contributed by atoms with Crippen molar-refractivity contribution >= 4 is 11.8 Å². The van der Waals surface area contributed by atoms with E-state index < -0.39 is 17.6 Å². The highest BCUT2D eigenvalue weighted by Gasteiger charge is 2.63. The molecule has 5 heteroatoms. The third-order valence-corrected chi connectivity index (χ3v) is 8.06. The number of rotatable bonds is 1. The number of fused-ring (bicyclic) bond motifs is 5. The fourth-order valence-electron chi connectivity index (χ4n) is 6.74. The number of esters is 1. The maximum atomic E-state index is 13.3. The van der Waals surface area contributed by atoms with Crippen molar-refractivity contribution in [3.63, 3.8) is 0 Å². The van der Waals surface area contributed by atoms with Gasteiger partial charge in [0.05, 0.1) is 12.2 Å². The monoisotopic (exact) mass is 362 g/mol. The highest BCUT2D eigenvalue weighted by Crippen LogP contribution is 2.63. The Morgan fingerprint density at radius 1 is 1.23 bits per heavy atom. The molecular weight excluding hydrogens is 332 g/mol. The fourth-order valence-corrected chi connectivity index (χ4v) is 6.74. The molecule has 3 unspecified atom stereocenters. The molecule has 4 aliphatic carbocycles. The first-order valence-electron chi connectivity index (χ1n) is 9.94. The minimum absolute atomic E-state index is 0.113. The molecule has 0 amide bonds. The van der Waals surface area contributed by atoms with E-state index in [0.29, 0.717) is 19.3 Å². The normalized spacial score (nSPS) is 50.3. The van der Waals surface area contributed by atoms with E-state index in [-0.39, 0.29) is 41.0 Å². The van der Waals surface area contributed by atoms with Gasteiger partial charge in [-0.2, -0.15) is 0 Å². The Bertz CT molecular complexity index is 669. The Hall–Kier alpha value is -1.20. The first-order valence-corrected chi connectivity index (χ1v) is 9.94. The number of carbonyl (C=O) groups is 2. The third kappa shape index (κ3) is 2.43. The number of aliphatic hydroxyl groups is 2. The summed E-state index contributed by atoms with van der Waals surface area (Å²) in [6, 6.07) is 0. The van der Waals surface area contributed by atoms with Crippen molar-refractivity contribution in [1.82, 2.24) is 0 Å². The van der Waals surface area contributed by atoms with Crippen LogP contribution in [0.4, 0.5) is 0 Å². The summed E-state index contributed by atoms with van der Waals surface area (Å²) in [6.45, 7) is 5.60. The highest BCUT2D eigenvalue weighted by atomic mass is 16.5.